The molecule has 0 saturated heterocycles. The van der Waals surface area contributed by atoms with Gasteiger partial charge in [0.15, 0.2) is 0 Å². The Bertz CT molecular complexity index is 444. The van der Waals surface area contributed by atoms with E-state index in [0.29, 0.717) is 5.13 Å². The Morgan fingerprint density at radius 2 is 1.81 bits per heavy atom. The SMILES string of the molecule is Cl.Nc1nnc(CCc2ccc(F)cc2)s1. The monoisotopic (exact) mass is 259 g/mol. The van der Waals surface area contributed by atoms with E-state index in [1.165, 1.54) is 23.5 Å². The number of nitrogens with zero attached hydrogens (tertiary/aromatic N) is 2. The summed E-state index contributed by atoms with van der Waals surface area (Å²) in [7, 11) is 0. The average Bonchev–Trinajstić information content (AvgIpc) is 2.64. The van der Waals surface area contributed by atoms with Gasteiger partial charge in [-0.2, -0.15) is 0 Å². The fourth-order valence-corrected chi connectivity index (χ4v) is 1.88. The molecule has 0 fully saturated rings. The first-order chi connectivity index (χ1) is 7.24. The van der Waals surface area contributed by atoms with Crippen LogP contribution in [0.4, 0.5) is 9.52 Å². The summed E-state index contributed by atoms with van der Waals surface area (Å²) in [6.45, 7) is 0. The maximum atomic E-state index is 12.6. The van der Waals surface area contributed by atoms with Crippen LogP contribution in [0.1, 0.15) is 10.6 Å². The molecule has 0 saturated carbocycles. The summed E-state index contributed by atoms with van der Waals surface area (Å²) in [4.78, 5) is 0. The van der Waals surface area contributed by atoms with E-state index in [4.69, 9.17) is 5.73 Å². The Morgan fingerprint density at radius 1 is 1.12 bits per heavy atom. The number of anilines is 1. The van der Waals surface area contributed by atoms with Crippen molar-refractivity contribution in [2.75, 3.05) is 5.73 Å². The van der Waals surface area contributed by atoms with Gasteiger partial charge in [-0.1, -0.05) is 23.5 Å². The second kappa shape index (κ2) is 5.77. The molecule has 3 nitrogen and oxygen atoms in total. The van der Waals surface area contributed by atoms with Gasteiger partial charge in [-0.15, -0.1) is 22.6 Å². The Morgan fingerprint density at radius 3 is 2.38 bits per heavy atom. The fourth-order valence-electron chi connectivity index (χ4n) is 1.27. The quantitative estimate of drug-likeness (QED) is 0.921. The van der Waals surface area contributed by atoms with Gasteiger partial charge in [-0.25, -0.2) is 4.39 Å². The minimum Gasteiger partial charge on any atom is -0.374 e. The van der Waals surface area contributed by atoms with Crippen molar-refractivity contribution in [2.24, 2.45) is 0 Å². The van der Waals surface area contributed by atoms with Crippen LogP contribution in [-0.2, 0) is 12.8 Å². The molecule has 0 aliphatic heterocycles. The molecule has 2 N–H and O–H groups in total. The molecule has 16 heavy (non-hydrogen) atoms. The summed E-state index contributed by atoms with van der Waals surface area (Å²) >= 11 is 1.39. The molecule has 1 heterocycles. The number of nitrogen functional groups attached to an aromatic ring is 1. The van der Waals surface area contributed by atoms with Gasteiger partial charge < -0.3 is 5.73 Å². The van der Waals surface area contributed by atoms with Crippen LogP contribution in [0.3, 0.4) is 0 Å². The first kappa shape index (κ1) is 12.9. The molecular formula is C10H11ClFN3S. The van der Waals surface area contributed by atoms with Crippen LogP contribution in [0, 0.1) is 5.82 Å². The van der Waals surface area contributed by atoms with E-state index < -0.39 is 0 Å². The summed E-state index contributed by atoms with van der Waals surface area (Å²) in [5.41, 5.74) is 6.55. The van der Waals surface area contributed by atoms with E-state index in [1.54, 1.807) is 12.1 Å². The van der Waals surface area contributed by atoms with E-state index in [9.17, 15) is 4.39 Å². The van der Waals surface area contributed by atoms with Crippen molar-refractivity contribution >= 4 is 28.9 Å². The molecule has 1 aromatic carbocycles. The normalized spacial score (nSPS) is 9.81. The molecule has 2 rings (SSSR count). The number of halogens is 2. The average molecular weight is 260 g/mol. The Balaban J connectivity index is 0.00000128. The van der Waals surface area contributed by atoms with Gasteiger partial charge in [-0.05, 0) is 24.1 Å². The summed E-state index contributed by atoms with van der Waals surface area (Å²) in [6, 6.07) is 6.48. The molecular weight excluding hydrogens is 249 g/mol. The third kappa shape index (κ3) is 3.43. The van der Waals surface area contributed by atoms with Crippen molar-refractivity contribution in [1.29, 1.82) is 0 Å². The summed E-state index contributed by atoms with van der Waals surface area (Å²) in [6.07, 6.45) is 1.62. The molecule has 0 atom stereocenters. The lowest BCUT2D eigenvalue weighted by Crippen LogP contribution is -1.90. The molecule has 86 valence electrons. The zero-order chi connectivity index (χ0) is 10.7. The van der Waals surface area contributed by atoms with Crippen LogP contribution in [0.2, 0.25) is 0 Å². The highest BCUT2D eigenvalue weighted by atomic mass is 35.5. The second-order valence-corrected chi connectivity index (χ2v) is 4.25. The van der Waals surface area contributed by atoms with Gasteiger partial charge >= 0.3 is 0 Å². The van der Waals surface area contributed by atoms with Crippen LogP contribution >= 0.6 is 23.7 Å². The molecule has 0 aliphatic rings. The molecule has 0 amide bonds. The zero-order valence-electron chi connectivity index (χ0n) is 8.39. The second-order valence-electron chi connectivity index (χ2n) is 3.16. The number of benzene rings is 1. The molecule has 0 unspecified atom stereocenters. The highest BCUT2D eigenvalue weighted by molar-refractivity contribution is 7.15. The van der Waals surface area contributed by atoms with E-state index in [2.05, 4.69) is 10.2 Å². The number of aromatic nitrogens is 2. The molecule has 6 heteroatoms. The van der Waals surface area contributed by atoms with Crippen molar-refractivity contribution in [3.63, 3.8) is 0 Å². The van der Waals surface area contributed by atoms with Crippen molar-refractivity contribution in [2.45, 2.75) is 12.8 Å². The molecule has 0 bridgehead atoms. The number of aryl methyl sites for hydroxylation is 2. The zero-order valence-corrected chi connectivity index (χ0v) is 10.0. The Hall–Kier alpha value is -1.20. The van der Waals surface area contributed by atoms with Crippen molar-refractivity contribution in [1.82, 2.24) is 10.2 Å². The first-order valence-electron chi connectivity index (χ1n) is 4.56. The van der Waals surface area contributed by atoms with Gasteiger partial charge in [0.2, 0.25) is 5.13 Å². The van der Waals surface area contributed by atoms with Crippen molar-refractivity contribution < 1.29 is 4.39 Å². The highest BCUT2D eigenvalue weighted by Gasteiger charge is 2.01. The van der Waals surface area contributed by atoms with Crippen LogP contribution < -0.4 is 5.73 Å². The van der Waals surface area contributed by atoms with E-state index >= 15 is 0 Å². The largest absolute Gasteiger partial charge is 0.374 e. The predicted molar refractivity (Wildman–Crippen MR) is 65.4 cm³/mol. The fraction of sp³-hybridized carbons (Fsp3) is 0.200. The topological polar surface area (TPSA) is 51.8 Å². The molecule has 0 aliphatic carbocycles. The predicted octanol–water partition coefficient (Wildman–Crippen LogP) is 2.47. The van der Waals surface area contributed by atoms with Gasteiger partial charge in [-0.3, -0.25) is 0 Å². The van der Waals surface area contributed by atoms with E-state index in [0.717, 1.165) is 23.4 Å². The Labute approximate surface area is 103 Å². The minimum absolute atomic E-state index is 0. The molecule has 2 aromatic rings. The van der Waals surface area contributed by atoms with Crippen LogP contribution in [0.15, 0.2) is 24.3 Å². The third-order valence-corrected chi connectivity index (χ3v) is 2.84. The van der Waals surface area contributed by atoms with Crippen LogP contribution in [-0.4, -0.2) is 10.2 Å². The third-order valence-electron chi connectivity index (χ3n) is 2.02. The maximum Gasteiger partial charge on any atom is 0.203 e. The number of nitrogens with two attached hydrogens (primary N) is 1. The summed E-state index contributed by atoms with van der Waals surface area (Å²) in [5, 5.41) is 9.05. The number of rotatable bonds is 3. The van der Waals surface area contributed by atoms with Gasteiger partial charge in [0.25, 0.3) is 0 Å². The highest BCUT2D eigenvalue weighted by Crippen LogP contribution is 2.14. The number of hydrogen-bond acceptors (Lipinski definition) is 4. The van der Waals surface area contributed by atoms with Crippen LogP contribution in [0.25, 0.3) is 0 Å². The Kier molecular flexibility index (Phi) is 4.64. The van der Waals surface area contributed by atoms with E-state index in [-0.39, 0.29) is 18.2 Å². The van der Waals surface area contributed by atoms with Crippen molar-refractivity contribution in [3.8, 4) is 0 Å². The molecule has 1 aromatic heterocycles. The number of hydrogen-bond donors (Lipinski definition) is 1. The van der Waals surface area contributed by atoms with E-state index in [1.807, 2.05) is 0 Å². The maximum absolute atomic E-state index is 12.6. The lowest BCUT2D eigenvalue weighted by molar-refractivity contribution is 0.627. The van der Waals surface area contributed by atoms with Crippen LogP contribution in [0.5, 0.6) is 0 Å². The standard InChI is InChI=1S/C10H10FN3S.ClH/c11-8-4-1-7(2-5-8)3-6-9-13-14-10(12)15-9;/h1-2,4-5H,3,6H2,(H2,12,14);1H. The lowest BCUT2D eigenvalue weighted by Gasteiger charge is -1.97. The van der Waals surface area contributed by atoms with Gasteiger partial charge in [0.1, 0.15) is 10.8 Å². The summed E-state index contributed by atoms with van der Waals surface area (Å²) in [5.74, 6) is -0.209. The van der Waals surface area contributed by atoms with Gasteiger partial charge in [0.05, 0.1) is 0 Å². The smallest absolute Gasteiger partial charge is 0.203 e. The molecule has 0 spiro atoms. The first-order valence-corrected chi connectivity index (χ1v) is 5.38. The van der Waals surface area contributed by atoms with Gasteiger partial charge in [0, 0.05) is 6.42 Å². The molecule has 0 radical (unpaired) electrons. The van der Waals surface area contributed by atoms with Crippen molar-refractivity contribution in [3.05, 3.63) is 40.7 Å². The summed E-state index contributed by atoms with van der Waals surface area (Å²) < 4.78 is 12.6. The lowest BCUT2D eigenvalue weighted by atomic mass is 10.1. The minimum atomic E-state index is -0.209.